The van der Waals surface area contributed by atoms with Crippen LogP contribution in [0.3, 0.4) is 0 Å². The van der Waals surface area contributed by atoms with E-state index in [0.29, 0.717) is 12.0 Å². The monoisotopic (exact) mass is 273 g/mol. The first-order chi connectivity index (χ1) is 8.29. The average molecular weight is 274 g/mol. The first kappa shape index (κ1) is 13.3. The summed E-state index contributed by atoms with van der Waals surface area (Å²) in [5.74, 6) is 1.23. The van der Waals surface area contributed by atoms with Crippen molar-refractivity contribution >= 4 is 22.9 Å². The lowest BCUT2D eigenvalue weighted by Gasteiger charge is -2.28. The molecule has 4 heteroatoms. The number of alkyl halides is 1. The van der Waals surface area contributed by atoms with Crippen molar-refractivity contribution in [3.63, 3.8) is 0 Å². The molecule has 0 N–H and O–H groups in total. The molecule has 1 aliphatic carbocycles. The van der Waals surface area contributed by atoms with Crippen molar-refractivity contribution in [3.05, 3.63) is 16.1 Å². The number of halogens is 1. The maximum atomic E-state index is 5.98. The normalized spacial score (nSPS) is 25.1. The second kappa shape index (κ2) is 6.72. The molecule has 2 unspecified atom stereocenters. The number of nitrogens with zero attached hydrogens (tertiary/aromatic N) is 1. The molecule has 0 bridgehead atoms. The van der Waals surface area contributed by atoms with Crippen molar-refractivity contribution in [1.29, 1.82) is 0 Å². The van der Waals surface area contributed by atoms with Crippen molar-refractivity contribution in [2.75, 3.05) is 6.61 Å². The molecule has 1 aliphatic rings. The van der Waals surface area contributed by atoms with Crippen LogP contribution in [0.25, 0.3) is 0 Å². The molecule has 0 radical (unpaired) electrons. The average Bonchev–Trinajstić information content (AvgIpc) is 2.80. The van der Waals surface area contributed by atoms with E-state index in [0.717, 1.165) is 29.6 Å². The van der Waals surface area contributed by atoms with Gasteiger partial charge >= 0.3 is 0 Å². The summed E-state index contributed by atoms with van der Waals surface area (Å²) in [5, 5.41) is 3.18. The molecule has 0 aromatic carbocycles. The van der Waals surface area contributed by atoms with Crippen molar-refractivity contribution < 1.29 is 4.74 Å². The van der Waals surface area contributed by atoms with Crippen LogP contribution in [-0.2, 0) is 17.0 Å². The van der Waals surface area contributed by atoms with Gasteiger partial charge in [-0.15, -0.1) is 22.9 Å². The predicted molar refractivity (Wildman–Crippen MR) is 72.7 cm³/mol. The van der Waals surface area contributed by atoms with Crippen LogP contribution in [0.4, 0.5) is 0 Å². The number of ether oxygens (including phenoxy) is 1. The summed E-state index contributed by atoms with van der Waals surface area (Å²) in [6.45, 7) is 3.10. The van der Waals surface area contributed by atoms with Crippen LogP contribution in [0.2, 0.25) is 0 Å². The summed E-state index contributed by atoms with van der Waals surface area (Å²) < 4.78 is 5.98. The summed E-state index contributed by atoms with van der Waals surface area (Å²) in [5.41, 5.74) is 0.984. The van der Waals surface area contributed by atoms with E-state index < -0.39 is 0 Å². The van der Waals surface area contributed by atoms with Gasteiger partial charge in [0, 0.05) is 11.8 Å². The van der Waals surface area contributed by atoms with Crippen LogP contribution in [-0.4, -0.2) is 17.7 Å². The molecule has 1 fully saturated rings. The van der Waals surface area contributed by atoms with Gasteiger partial charge in [0.2, 0.25) is 0 Å². The van der Waals surface area contributed by atoms with Crippen LogP contribution in [0, 0.1) is 5.92 Å². The van der Waals surface area contributed by atoms with E-state index in [1.54, 1.807) is 11.3 Å². The number of aromatic nitrogens is 1. The predicted octanol–water partition coefficient (Wildman–Crippen LogP) is 4.02. The van der Waals surface area contributed by atoms with Gasteiger partial charge in [0.15, 0.2) is 0 Å². The van der Waals surface area contributed by atoms with Gasteiger partial charge in [-0.3, -0.25) is 0 Å². The summed E-state index contributed by atoms with van der Waals surface area (Å²) in [4.78, 5) is 4.44. The molecule has 0 amide bonds. The highest BCUT2D eigenvalue weighted by molar-refractivity contribution is 7.09. The Labute approximate surface area is 112 Å². The second-order valence-corrected chi connectivity index (χ2v) is 6.00. The highest BCUT2D eigenvalue weighted by Crippen LogP contribution is 2.26. The quantitative estimate of drug-likeness (QED) is 0.756. The molecular weight excluding hydrogens is 254 g/mol. The molecule has 1 aromatic rings. The molecule has 0 saturated heterocycles. The third-order valence-corrected chi connectivity index (χ3v) is 4.65. The van der Waals surface area contributed by atoms with Gasteiger partial charge in [-0.25, -0.2) is 4.98 Å². The topological polar surface area (TPSA) is 22.1 Å². The molecule has 0 spiro atoms. The Hall–Kier alpha value is -0.120. The van der Waals surface area contributed by atoms with Gasteiger partial charge < -0.3 is 4.74 Å². The molecule has 1 heterocycles. The first-order valence-corrected chi connectivity index (χ1v) is 7.82. The molecule has 1 aromatic heterocycles. The standard InChI is InChI=1S/C13H20ClNOS/c1-10-4-2-3-5-12(10)16-7-6-13-15-11(8-14)9-17-13/h9-10,12H,2-8H2,1H3. The van der Waals surface area contributed by atoms with Crippen LogP contribution < -0.4 is 0 Å². The van der Waals surface area contributed by atoms with E-state index in [2.05, 4.69) is 11.9 Å². The van der Waals surface area contributed by atoms with E-state index >= 15 is 0 Å². The number of hydrogen-bond acceptors (Lipinski definition) is 3. The Morgan fingerprint density at radius 1 is 1.47 bits per heavy atom. The summed E-state index contributed by atoms with van der Waals surface area (Å²) >= 11 is 7.41. The number of thiazole rings is 1. The zero-order chi connectivity index (χ0) is 12.1. The third-order valence-electron chi connectivity index (χ3n) is 3.42. The minimum Gasteiger partial charge on any atom is -0.378 e. The fraction of sp³-hybridized carbons (Fsp3) is 0.769. The molecule has 2 nitrogen and oxygen atoms in total. The molecule has 1 saturated carbocycles. The van der Waals surface area contributed by atoms with Crippen molar-refractivity contribution in [2.45, 2.75) is 51.0 Å². The smallest absolute Gasteiger partial charge is 0.0951 e. The van der Waals surface area contributed by atoms with E-state index in [1.807, 2.05) is 5.38 Å². The van der Waals surface area contributed by atoms with Gasteiger partial charge in [-0.2, -0.15) is 0 Å². The molecular formula is C13H20ClNOS. The lowest BCUT2D eigenvalue weighted by atomic mass is 9.88. The highest BCUT2D eigenvalue weighted by Gasteiger charge is 2.21. The number of rotatable bonds is 5. The van der Waals surface area contributed by atoms with Gasteiger partial charge in [0.25, 0.3) is 0 Å². The van der Waals surface area contributed by atoms with Crippen LogP contribution in [0.15, 0.2) is 5.38 Å². The Morgan fingerprint density at radius 2 is 2.29 bits per heavy atom. The minimum atomic E-state index is 0.469. The number of hydrogen-bond donors (Lipinski definition) is 0. The van der Waals surface area contributed by atoms with Gasteiger partial charge in [0.05, 0.1) is 29.3 Å². The minimum absolute atomic E-state index is 0.469. The van der Waals surface area contributed by atoms with Crippen molar-refractivity contribution in [1.82, 2.24) is 4.98 Å². The molecule has 17 heavy (non-hydrogen) atoms. The first-order valence-electron chi connectivity index (χ1n) is 6.40. The summed E-state index contributed by atoms with van der Waals surface area (Å²) in [6.07, 6.45) is 6.63. The van der Waals surface area contributed by atoms with Crippen molar-refractivity contribution in [2.24, 2.45) is 5.92 Å². The zero-order valence-electron chi connectivity index (χ0n) is 10.3. The Morgan fingerprint density at radius 3 is 3.00 bits per heavy atom. The Bertz CT molecular complexity index is 342. The molecule has 2 rings (SSSR count). The highest BCUT2D eigenvalue weighted by atomic mass is 35.5. The van der Waals surface area contributed by atoms with Crippen LogP contribution in [0.5, 0.6) is 0 Å². The Kier molecular flexibility index (Phi) is 5.26. The van der Waals surface area contributed by atoms with E-state index in [1.165, 1.54) is 25.7 Å². The largest absolute Gasteiger partial charge is 0.378 e. The van der Waals surface area contributed by atoms with Crippen LogP contribution >= 0.6 is 22.9 Å². The molecule has 2 atom stereocenters. The van der Waals surface area contributed by atoms with E-state index in [4.69, 9.17) is 16.3 Å². The van der Waals surface area contributed by atoms with Gasteiger partial charge in [-0.1, -0.05) is 19.8 Å². The summed E-state index contributed by atoms with van der Waals surface area (Å²) in [6, 6.07) is 0. The third kappa shape index (κ3) is 3.94. The molecule has 0 aliphatic heterocycles. The fourth-order valence-electron chi connectivity index (χ4n) is 2.35. The van der Waals surface area contributed by atoms with Crippen molar-refractivity contribution in [3.8, 4) is 0 Å². The Balaban J connectivity index is 1.71. The van der Waals surface area contributed by atoms with Gasteiger partial charge in [0.1, 0.15) is 0 Å². The zero-order valence-corrected chi connectivity index (χ0v) is 11.9. The summed E-state index contributed by atoms with van der Waals surface area (Å²) in [7, 11) is 0. The molecule has 96 valence electrons. The maximum Gasteiger partial charge on any atom is 0.0951 e. The van der Waals surface area contributed by atoms with Gasteiger partial charge in [-0.05, 0) is 18.8 Å². The van der Waals surface area contributed by atoms with E-state index in [-0.39, 0.29) is 0 Å². The SMILES string of the molecule is CC1CCCCC1OCCc1nc(CCl)cs1. The lowest BCUT2D eigenvalue weighted by Crippen LogP contribution is -2.26. The lowest BCUT2D eigenvalue weighted by molar-refractivity contribution is -0.00334. The fourth-order valence-corrected chi connectivity index (χ4v) is 3.36. The maximum absolute atomic E-state index is 5.98. The van der Waals surface area contributed by atoms with E-state index in [9.17, 15) is 0 Å². The second-order valence-electron chi connectivity index (χ2n) is 4.79. The van der Waals surface area contributed by atoms with Crippen LogP contribution in [0.1, 0.15) is 43.3 Å².